The Morgan fingerprint density at radius 2 is 2.33 bits per heavy atom. The lowest BCUT2D eigenvalue weighted by Gasteiger charge is -2.13. The Kier molecular flexibility index (Phi) is 3.62. The highest BCUT2D eigenvalue weighted by Gasteiger charge is 2.18. The quantitative estimate of drug-likeness (QED) is 0.800. The highest BCUT2D eigenvalue weighted by Crippen LogP contribution is 2.17. The van der Waals surface area contributed by atoms with Gasteiger partial charge in [0.1, 0.15) is 11.7 Å². The van der Waals surface area contributed by atoms with E-state index in [-0.39, 0.29) is 12.1 Å². The van der Waals surface area contributed by atoms with Gasteiger partial charge >= 0.3 is 5.97 Å². The maximum Gasteiger partial charge on any atom is 0.323 e. The number of carbonyl (C=O) groups excluding carboxylic acids is 1. The van der Waals surface area contributed by atoms with Gasteiger partial charge in [-0.15, -0.1) is 0 Å². The summed E-state index contributed by atoms with van der Waals surface area (Å²) in [4.78, 5) is 18.9. The van der Waals surface area contributed by atoms with E-state index in [0.717, 1.165) is 16.6 Å². The van der Waals surface area contributed by atoms with Crippen LogP contribution in [0.3, 0.4) is 0 Å². The van der Waals surface area contributed by atoms with E-state index in [2.05, 4.69) is 9.97 Å². The summed E-state index contributed by atoms with van der Waals surface area (Å²) in [6, 6.07) is 3.17. The van der Waals surface area contributed by atoms with Crippen LogP contribution in [0, 0.1) is 0 Å². The van der Waals surface area contributed by atoms with E-state index in [4.69, 9.17) is 10.5 Å². The summed E-state index contributed by atoms with van der Waals surface area (Å²) in [5.74, 6) is -0.372. The first-order valence-electron chi connectivity index (χ1n) is 5.95. The van der Waals surface area contributed by atoms with Gasteiger partial charge in [0.05, 0.1) is 6.10 Å². The topological polar surface area (TPSA) is 81.0 Å². The fourth-order valence-electron chi connectivity index (χ4n) is 1.82. The number of hydrogen-bond donors (Lipinski definition) is 2. The third-order valence-electron chi connectivity index (χ3n) is 2.63. The molecule has 5 heteroatoms. The lowest BCUT2D eigenvalue weighted by molar-refractivity contribution is -0.148. The van der Waals surface area contributed by atoms with Crippen molar-refractivity contribution >= 4 is 17.0 Å². The summed E-state index contributed by atoms with van der Waals surface area (Å²) in [7, 11) is 0. The number of H-pyrrole nitrogens is 1. The number of esters is 1. The Morgan fingerprint density at radius 3 is 3.06 bits per heavy atom. The normalized spacial score (nSPS) is 12.9. The van der Waals surface area contributed by atoms with E-state index in [1.165, 1.54) is 0 Å². The molecule has 18 heavy (non-hydrogen) atoms. The molecule has 5 nitrogen and oxygen atoms in total. The molecule has 0 amide bonds. The van der Waals surface area contributed by atoms with E-state index >= 15 is 0 Å². The van der Waals surface area contributed by atoms with Crippen LogP contribution in [0.1, 0.15) is 19.4 Å². The molecule has 0 saturated carbocycles. The fourth-order valence-corrected chi connectivity index (χ4v) is 1.82. The number of rotatable bonds is 4. The number of fused-ring (bicyclic) bond motifs is 1. The molecule has 0 aromatic carbocycles. The van der Waals surface area contributed by atoms with Crippen LogP contribution in [-0.2, 0) is 16.0 Å². The summed E-state index contributed by atoms with van der Waals surface area (Å²) < 4.78 is 5.08. The SMILES string of the molecule is CC(C)OC(=O)[C@@H](N)Cc1c[nH]c2ncccc12. The molecule has 0 aliphatic rings. The largest absolute Gasteiger partial charge is 0.462 e. The smallest absolute Gasteiger partial charge is 0.323 e. The van der Waals surface area contributed by atoms with Gasteiger partial charge < -0.3 is 15.5 Å². The van der Waals surface area contributed by atoms with Crippen molar-refractivity contribution in [1.29, 1.82) is 0 Å². The molecule has 0 radical (unpaired) electrons. The molecule has 0 aliphatic carbocycles. The van der Waals surface area contributed by atoms with E-state index in [9.17, 15) is 4.79 Å². The molecule has 3 N–H and O–H groups in total. The Hall–Kier alpha value is -1.88. The molecule has 2 aromatic heterocycles. The first-order chi connectivity index (χ1) is 8.58. The van der Waals surface area contributed by atoms with Gasteiger partial charge in [0.25, 0.3) is 0 Å². The van der Waals surface area contributed by atoms with Crippen LogP contribution in [-0.4, -0.2) is 28.1 Å². The number of aromatic amines is 1. The molecule has 0 saturated heterocycles. The number of aromatic nitrogens is 2. The van der Waals surface area contributed by atoms with Gasteiger partial charge in [0, 0.05) is 24.2 Å². The molecule has 2 heterocycles. The van der Waals surface area contributed by atoms with Crippen molar-refractivity contribution in [3.05, 3.63) is 30.1 Å². The molecular weight excluding hydrogens is 230 g/mol. The van der Waals surface area contributed by atoms with Crippen molar-refractivity contribution in [2.45, 2.75) is 32.4 Å². The Morgan fingerprint density at radius 1 is 1.56 bits per heavy atom. The standard InChI is InChI=1S/C13H17N3O2/c1-8(2)18-13(17)11(14)6-9-7-16-12-10(9)4-3-5-15-12/h3-5,7-8,11H,6,14H2,1-2H3,(H,15,16)/t11-/m0/s1. The minimum atomic E-state index is -0.647. The van der Waals surface area contributed by atoms with E-state index < -0.39 is 6.04 Å². The molecule has 2 rings (SSSR count). The number of nitrogens with two attached hydrogens (primary N) is 1. The van der Waals surface area contributed by atoms with Gasteiger partial charge in [0.15, 0.2) is 0 Å². The number of nitrogens with zero attached hydrogens (tertiary/aromatic N) is 1. The summed E-state index contributed by atoms with van der Waals surface area (Å²) in [6.07, 6.45) is 3.85. The van der Waals surface area contributed by atoms with Crippen LogP contribution < -0.4 is 5.73 Å². The van der Waals surface area contributed by atoms with Gasteiger partial charge in [-0.2, -0.15) is 0 Å². The Labute approximate surface area is 105 Å². The molecule has 0 aliphatic heterocycles. The summed E-state index contributed by atoms with van der Waals surface area (Å²) in [5, 5.41) is 0.991. The minimum Gasteiger partial charge on any atom is -0.462 e. The molecule has 0 unspecified atom stereocenters. The second-order valence-corrected chi connectivity index (χ2v) is 4.51. The van der Waals surface area contributed by atoms with Crippen LogP contribution in [0.5, 0.6) is 0 Å². The number of hydrogen-bond acceptors (Lipinski definition) is 4. The van der Waals surface area contributed by atoms with Crippen molar-refractivity contribution < 1.29 is 9.53 Å². The maximum atomic E-state index is 11.6. The maximum absolute atomic E-state index is 11.6. The van der Waals surface area contributed by atoms with Crippen LogP contribution in [0.4, 0.5) is 0 Å². The lowest BCUT2D eigenvalue weighted by Crippen LogP contribution is -2.35. The van der Waals surface area contributed by atoms with E-state index in [0.29, 0.717) is 6.42 Å². The number of carbonyl (C=O) groups is 1. The highest BCUT2D eigenvalue weighted by atomic mass is 16.5. The second kappa shape index (κ2) is 5.18. The average molecular weight is 247 g/mol. The molecule has 2 aromatic rings. The summed E-state index contributed by atoms with van der Waals surface area (Å²) in [6.45, 7) is 3.61. The van der Waals surface area contributed by atoms with Crippen molar-refractivity contribution in [3.8, 4) is 0 Å². The Balaban J connectivity index is 2.11. The van der Waals surface area contributed by atoms with Crippen molar-refractivity contribution in [2.75, 3.05) is 0 Å². The predicted octanol–water partition coefficient (Wildman–Crippen LogP) is 1.38. The van der Waals surface area contributed by atoms with Gasteiger partial charge in [-0.05, 0) is 31.5 Å². The number of pyridine rings is 1. The fraction of sp³-hybridized carbons (Fsp3) is 0.385. The molecule has 1 atom stereocenters. The molecule has 96 valence electrons. The third kappa shape index (κ3) is 2.68. The molecule has 0 bridgehead atoms. The van der Waals surface area contributed by atoms with E-state index in [1.807, 2.05) is 18.3 Å². The first kappa shape index (κ1) is 12.6. The zero-order valence-corrected chi connectivity index (χ0v) is 10.5. The van der Waals surface area contributed by atoms with Crippen molar-refractivity contribution in [3.63, 3.8) is 0 Å². The minimum absolute atomic E-state index is 0.145. The first-order valence-corrected chi connectivity index (χ1v) is 5.95. The molecular formula is C13H17N3O2. The third-order valence-corrected chi connectivity index (χ3v) is 2.63. The van der Waals surface area contributed by atoms with Crippen LogP contribution in [0.25, 0.3) is 11.0 Å². The van der Waals surface area contributed by atoms with Gasteiger partial charge in [-0.25, -0.2) is 4.98 Å². The Bertz CT molecular complexity index is 548. The number of ether oxygens (including phenoxy) is 1. The second-order valence-electron chi connectivity index (χ2n) is 4.51. The van der Waals surface area contributed by atoms with Gasteiger partial charge in [-0.3, -0.25) is 4.79 Å². The van der Waals surface area contributed by atoms with Crippen LogP contribution in [0.15, 0.2) is 24.5 Å². The number of nitrogens with one attached hydrogen (secondary N) is 1. The van der Waals surface area contributed by atoms with Crippen LogP contribution in [0.2, 0.25) is 0 Å². The van der Waals surface area contributed by atoms with E-state index in [1.54, 1.807) is 20.0 Å². The monoisotopic (exact) mass is 247 g/mol. The molecule has 0 spiro atoms. The zero-order valence-electron chi connectivity index (χ0n) is 10.5. The highest BCUT2D eigenvalue weighted by molar-refractivity contribution is 5.81. The summed E-state index contributed by atoms with van der Waals surface area (Å²) in [5.41, 5.74) is 7.62. The van der Waals surface area contributed by atoms with Crippen molar-refractivity contribution in [1.82, 2.24) is 9.97 Å². The lowest BCUT2D eigenvalue weighted by atomic mass is 10.1. The zero-order chi connectivity index (χ0) is 13.1. The van der Waals surface area contributed by atoms with Gasteiger partial charge in [-0.1, -0.05) is 0 Å². The average Bonchev–Trinajstić information content (AvgIpc) is 2.72. The van der Waals surface area contributed by atoms with Gasteiger partial charge in [0.2, 0.25) is 0 Å². The van der Waals surface area contributed by atoms with Crippen molar-refractivity contribution in [2.24, 2.45) is 5.73 Å². The molecule has 0 fully saturated rings. The summed E-state index contributed by atoms with van der Waals surface area (Å²) >= 11 is 0. The van der Waals surface area contributed by atoms with Crippen LogP contribution >= 0.6 is 0 Å². The predicted molar refractivity (Wildman–Crippen MR) is 69.0 cm³/mol.